The molecule has 0 saturated carbocycles. The minimum atomic E-state index is -0.990. The molecule has 19 heavy (non-hydrogen) atoms. The third-order valence-electron chi connectivity index (χ3n) is 2.36. The Morgan fingerprint density at radius 2 is 1.63 bits per heavy atom. The molecule has 0 fully saturated rings. The van der Waals surface area contributed by atoms with Crippen molar-refractivity contribution in [2.75, 3.05) is 5.32 Å². The Kier molecular flexibility index (Phi) is 3.63. The molecule has 0 aliphatic heterocycles. The predicted molar refractivity (Wildman–Crippen MR) is 65.8 cm³/mol. The number of nitriles is 1. The number of nitrogens with one attached hydrogen (secondary N) is 1. The summed E-state index contributed by atoms with van der Waals surface area (Å²) in [5.74, 6) is -2.68. The van der Waals surface area contributed by atoms with E-state index in [0.29, 0.717) is 0 Å². The molecule has 0 amide bonds. The summed E-state index contributed by atoms with van der Waals surface area (Å²) >= 11 is 5.67. The summed E-state index contributed by atoms with van der Waals surface area (Å²) in [6.45, 7) is 0. The summed E-state index contributed by atoms with van der Waals surface area (Å²) in [4.78, 5) is 0. The van der Waals surface area contributed by atoms with E-state index < -0.39 is 23.1 Å². The van der Waals surface area contributed by atoms with E-state index in [1.54, 1.807) is 6.07 Å². The van der Waals surface area contributed by atoms with Crippen LogP contribution in [0, 0.1) is 28.8 Å². The van der Waals surface area contributed by atoms with Crippen molar-refractivity contribution >= 4 is 23.0 Å². The molecule has 6 heteroatoms. The molecule has 0 spiro atoms. The lowest BCUT2D eigenvalue weighted by Crippen LogP contribution is -2.00. The van der Waals surface area contributed by atoms with E-state index in [1.807, 2.05) is 0 Å². The molecule has 0 aromatic heterocycles. The van der Waals surface area contributed by atoms with Gasteiger partial charge in [-0.2, -0.15) is 5.26 Å². The maximum absolute atomic E-state index is 13.6. The average molecular weight is 283 g/mol. The Morgan fingerprint density at radius 3 is 2.21 bits per heavy atom. The zero-order chi connectivity index (χ0) is 14.0. The van der Waals surface area contributed by atoms with E-state index in [-0.39, 0.29) is 16.3 Å². The van der Waals surface area contributed by atoms with Crippen LogP contribution >= 0.6 is 11.6 Å². The van der Waals surface area contributed by atoms with Gasteiger partial charge in [0.05, 0.1) is 17.3 Å². The van der Waals surface area contributed by atoms with Crippen molar-refractivity contribution in [2.24, 2.45) is 0 Å². The van der Waals surface area contributed by atoms with Crippen molar-refractivity contribution in [2.45, 2.75) is 0 Å². The number of benzene rings is 2. The number of rotatable bonds is 2. The van der Waals surface area contributed by atoms with E-state index in [4.69, 9.17) is 16.9 Å². The predicted octanol–water partition coefficient (Wildman–Crippen LogP) is 4.37. The zero-order valence-corrected chi connectivity index (χ0v) is 10.1. The monoisotopic (exact) mass is 282 g/mol. The Labute approximate surface area is 112 Å². The Hall–Kier alpha value is -2.19. The second-order valence-electron chi connectivity index (χ2n) is 3.68. The van der Waals surface area contributed by atoms with Crippen LogP contribution in [0.15, 0.2) is 30.3 Å². The lowest BCUT2D eigenvalue weighted by Gasteiger charge is -2.10. The molecule has 0 heterocycles. The summed E-state index contributed by atoms with van der Waals surface area (Å²) in [7, 11) is 0. The molecule has 0 saturated heterocycles. The molecule has 0 bridgehead atoms. The Balaban J connectivity index is 2.44. The Morgan fingerprint density at radius 1 is 1.00 bits per heavy atom. The maximum Gasteiger partial charge on any atom is 0.150 e. The molecular weight excluding hydrogens is 277 g/mol. The first-order valence-electron chi connectivity index (χ1n) is 5.12. The topological polar surface area (TPSA) is 35.8 Å². The lowest BCUT2D eigenvalue weighted by atomic mass is 10.2. The first-order chi connectivity index (χ1) is 9.01. The van der Waals surface area contributed by atoms with Gasteiger partial charge < -0.3 is 5.32 Å². The summed E-state index contributed by atoms with van der Waals surface area (Å²) < 4.78 is 40.7. The van der Waals surface area contributed by atoms with E-state index in [2.05, 4.69) is 5.32 Å². The van der Waals surface area contributed by atoms with Gasteiger partial charge in [0.2, 0.25) is 0 Å². The zero-order valence-electron chi connectivity index (χ0n) is 9.35. The first-order valence-corrected chi connectivity index (χ1v) is 5.50. The van der Waals surface area contributed by atoms with E-state index in [0.717, 1.165) is 18.2 Å². The molecule has 2 nitrogen and oxygen atoms in total. The summed E-state index contributed by atoms with van der Waals surface area (Å²) in [5, 5.41) is 11.1. The third kappa shape index (κ3) is 2.80. The lowest BCUT2D eigenvalue weighted by molar-refractivity contribution is 0.588. The highest BCUT2D eigenvalue weighted by molar-refractivity contribution is 6.30. The minimum absolute atomic E-state index is 0.157. The van der Waals surface area contributed by atoms with Crippen LogP contribution < -0.4 is 5.32 Å². The van der Waals surface area contributed by atoms with Crippen LogP contribution in [0.1, 0.15) is 5.56 Å². The van der Waals surface area contributed by atoms with Crippen molar-refractivity contribution in [1.29, 1.82) is 5.26 Å². The normalized spacial score (nSPS) is 10.1. The van der Waals surface area contributed by atoms with Gasteiger partial charge in [0.15, 0.2) is 11.6 Å². The molecule has 96 valence electrons. The van der Waals surface area contributed by atoms with E-state index in [9.17, 15) is 13.2 Å². The molecule has 2 rings (SSSR count). The van der Waals surface area contributed by atoms with Gasteiger partial charge in [0, 0.05) is 5.02 Å². The van der Waals surface area contributed by atoms with Crippen molar-refractivity contribution in [3.63, 3.8) is 0 Å². The molecule has 2 aromatic carbocycles. The van der Waals surface area contributed by atoms with Crippen LogP contribution in [-0.4, -0.2) is 0 Å². The second-order valence-corrected chi connectivity index (χ2v) is 4.11. The second kappa shape index (κ2) is 5.21. The average Bonchev–Trinajstić information content (AvgIpc) is 2.37. The molecule has 2 aromatic rings. The van der Waals surface area contributed by atoms with Gasteiger partial charge in [-0.3, -0.25) is 0 Å². The SMILES string of the molecule is N#Cc1cc(F)c(Nc2cc(Cl)ccc2F)c(F)c1. The van der Waals surface area contributed by atoms with Crippen molar-refractivity contribution < 1.29 is 13.2 Å². The van der Waals surface area contributed by atoms with Gasteiger partial charge in [-0.15, -0.1) is 0 Å². The summed E-state index contributed by atoms with van der Waals surface area (Å²) in [6, 6.07) is 6.92. The van der Waals surface area contributed by atoms with Crippen LogP contribution in [0.2, 0.25) is 5.02 Å². The van der Waals surface area contributed by atoms with Crippen LogP contribution in [0.4, 0.5) is 24.5 Å². The number of hydrogen-bond acceptors (Lipinski definition) is 2. The number of halogens is 4. The number of anilines is 2. The first kappa shape index (κ1) is 13.2. The quantitative estimate of drug-likeness (QED) is 0.887. The van der Waals surface area contributed by atoms with Crippen LogP contribution in [0.3, 0.4) is 0 Å². The van der Waals surface area contributed by atoms with Gasteiger partial charge >= 0.3 is 0 Å². The maximum atomic E-state index is 13.6. The third-order valence-corrected chi connectivity index (χ3v) is 2.59. The minimum Gasteiger partial charge on any atom is -0.348 e. The van der Waals surface area contributed by atoms with Crippen molar-refractivity contribution in [3.8, 4) is 6.07 Å². The number of nitrogens with zero attached hydrogens (tertiary/aromatic N) is 1. The molecule has 0 aliphatic rings. The molecule has 0 aliphatic carbocycles. The van der Waals surface area contributed by atoms with Gasteiger partial charge in [-0.1, -0.05) is 11.6 Å². The Bertz CT molecular complexity index is 657. The van der Waals surface area contributed by atoms with Crippen LogP contribution in [0.25, 0.3) is 0 Å². The van der Waals surface area contributed by atoms with Gasteiger partial charge in [0.25, 0.3) is 0 Å². The van der Waals surface area contributed by atoms with Crippen LogP contribution in [0.5, 0.6) is 0 Å². The smallest absolute Gasteiger partial charge is 0.150 e. The highest BCUT2D eigenvalue weighted by Crippen LogP contribution is 2.27. The molecule has 0 radical (unpaired) electrons. The molecule has 0 atom stereocenters. The standard InChI is InChI=1S/C13H6ClF3N2/c14-8-1-2-9(15)12(5-8)19-13-10(16)3-7(6-18)4-11(13)17/h1-5,19H. The number of hydrogen-bond donors (Lipinski definition) is 1. The summed E-state index contributed by atoms with van der Waals surface area (Å²) in [5.41, 5.74) is -0.859. The van der Waals surface area contributed by atoms with Crippen molar-refractivity contribution in [3.05, 3.63) is 58.4 Å². The van der Waals surface area contributed by atoms with E-state index >= 15 is 0 Å². The van der Waals surface area contributed by atoms with Gasteiger partial charge in [0.1, 0.15) is 11.5 Å². The summed E-state index contributed by atoms with van der Waals surface area (Å²) in [6.07, 6.45) is 0. The fraction of sp³-hybridized carbons (Fsp3) is 0. The highest BCUT2D eigenvalue weighted by Gasteiger charge is 2.13. The molecule has 1 N–H and O–H groups in total. The largest absolute Gasteiger partial charge is 0.348 e. The molecular formula is C13H6ClF3N2. The fourth-order valence-electron chi connectivity index (χ4n) is 1.49. The highest BCUT2D eigenvalue weighted by atomic mass is 35.5. The van der Waals surface area contributed by atoms with Crippen molar-refractivity contribution in [1.82, 2.24) is 0 Å². The van der Waals surface area contributed by atoms with Crippen LogP contribution in [-0.2, 0) is 0 Å². The molecule has 0 unspecified atom stereocenters. The fourth-order valence-corrected chi connectivity index (χ4v) is 1.66. The van der Waals surface area contributed by atoms with E-state index in [1.165, 1.54) is 12.1 Å². The van der Waals surface area contributed by atoms with Gasteiger partial charge in [-0.25, -0.2) is 13.2 Å². The van der Waals surface area contributed by atoms with Gasteiger partial charge in [-0.05, 0) is 30.3 Å².